The van der Waals surface area contributed by atoms with Crippen LogP contribution in [0.15, 0.2) is 23.6 Å². The van der Waals surface area contributed by atoms with E-state index in [2.05, 4.69) is 19.6 Å². The lowest BCUT2D eigenvalue weighted by molar-refractivity contribution is -0.136. The molecule has 0 atom stereocenters. The molecule has 1 N–H and O–H groups in total. The van der Waals surface area contributed by atoms with Crippen molar-refractivity contribution >= 4 is 17.7 Å². The second kappa shape index (κ2) is 13.3. The molecule has 0 amide bonds. The smallest absolute Gasteiger partial charge is 0.304 e. The quantitative estimate of drug-likeness (QED) is 0.669. The van der Waals surface area contributed by atoms with Crippen molar-refractivity contribution in [3.63, 3.8) is 0 Å². The molecule has 0 aromatic heterocycles. The number of hydrogen-bond acceptors (Lipinski definition) is 2. The van der Waals surface area contributed by atoms with Gasteiger partial charge in [0.2, 0.25) is 0 Å². The highest BCUT2D eigenvalue weighted by molar-refractivity contribution is 8.03. The average Bonchev–Trinajstić information content (AvgIpc) is 2.25. The first-order chi connectivity index (χ1) is 7.20. The normalized spacial score (nSPS) is 10.2. The second-order valence-electron chi connectivity index (χ2n) is 2.59. The lowest BCUT2D eigenvalue weighted by Crippen LogP contribution is -1.95. The van der Waals surface area contributed by atoms with Gasteiger partial charge in [0.15, 0.2) is 0 Å². The highest BCUT2D eigenvalue weighted by Crippen LogP contribution is 2.18. The Morgan fingerprint density at radius 3 is 2.47 bits per heavy atom. The van der Waals surface area contributed by atoms with Gasteiger partial charge in [0.05, 0.1) is 6.42 Å². The van der Waals surface area contributed by atoms with Crippen LogP contribution < -0.4 is 0 Å². The van der Waals surface area contributed by atoms with E-state index in [9.17, 15) is 4.79 Å². The summed E-state index contributed by atoms with van der Waals surface area (Å²) in [5.74, 6) is -0.122. The molecule has 0 aromatic rings. The van der Waals surface area contributed by atoms with E-state index in [1.54, 1.807) is 17.8 Å². The van der Waals surface area contributed by atoms with Gasteiger partial charge in [-0.3, -0.25) is 4.79 Å². The molecule has 3 heteroatoms. The number of carboxylic acid groups (broad SMARTS) is 1. The first-order valence-corrected chi connectivity index (χ1v) is 6.36. The number of carboxylic acids is 1. The molecule has 0 spiro atoms. The zero-order chi connectivity index (χ0) is 12.1. The Labute approximate surface area is 97.5 Å². The molecule has 2 nitrogen and oxygen atoms in total. The zero-order valence-electron chi connectivity index (χ0n) is 9.95. The Kier molecular flexibility index (Phi) is 14.8. The van der Waals surface area contributed by atoms with Crippen LogP contribution in [0.25, 0.3) is 0 Å². The monoisotopic (exact) mass is 230 g/mol. The lowest BCUT2D eigenvalue weighted by atomic mass is 10.3. The van der Waals surface area contributed by atoms with E-state index in [0.717, 1.165) is 17.7 Å². The second-order valence-corrected chi connectivity index (χ2v) is 3.76. The SMILES string of the molecule is C=C/C(=C\CCC)SCCC(=O)O.CC. The number of rotatable bonds is 7. The van der Waals surface area contributed by atoms with Gasteiger partial charge in [-0.15, -0.1) is 11.8 Å². The summed E-state index contributed by atoms with van der Waals surface area (Å²) in [7, 11) is 0. The third-order valence-electron chi connectivity index (χ3n) is 1.42. The number of thioether (sulfide) groups is 1. The summed E-state index contributed by atoms with van der Waals surface area (Å²) >= 11 is 1.55. The molecular formula is C12H22O2S. The molecule has 0 aliphatic carbocycles. The minimum atomic E-state index is -0.744. The highest BCUT2D eigenvalue weighted by Gasteiger charge is 1.97. The molecule has 0 aromatic carbocycles. The summed E-state index contributed by atoms with van der Waals surface area (Å²) in [6.07, 6.45) is 6.22. The fraction of sp³-hybridized carbons (Fsp3) is 0.583. The van der Waals surface area contributed by atoms with Gasteiger partial charge in [-0.25, -0.2) is 0 Å². The van der Waals surface area contributed by atoms with Gasteiger partial charge < -0.3 is 5.11 Å². The van der Waals surface area contributed by atoms with Crippen molar-refractivity contribution in [2.75, 3.05) is 5.75 Å². The summed E-state index contributed by atoms with van der Waals surface area (Å²) in [5, 5.41) is 8.42. The standard InChI is InChI=1S/C10H16O2S.C2H6/c1-3-5-6-9(4-2)13-8-7-10(11)12;1-2/h4,6H,2-3,5,7-8H2,1H3,(H,11,12);1-2H3/b9-6+;. The van der Waals surface area contributed by atoms with E-state index in [1.807, 2.05) is 13.8 Å². The van der Waals surface area contributed by atoms with Crippen molar-refractivity contribution in [2.24, 2.45) is 0 Å². The topological polar surface area (TPSA) is 37.3 Å². The van der Waals surface area contributed by atoms with Crippen LogP contribution in [0.2, 0.25) is 0 Å². The maximum Gasteiger partial charge on any atom is 0.304 e. The van der Waals surface area contributed by atoms with Gasteiger partial charge in [-0.05, 0) is 6.42 Å². The number of allylic oxidation sites excluding steroid dienone is 2. The van der Waals surface area contributed by atoms with Crippen LogP contribution >= 0.6 is 11.8 Å². The first-order valence-electron chi connectivity index (χ1n) is 5.38. The Balaban J connectivity index is 0. The van der Waals surface area contributed by atoms with Crippen molar-refractivity contribution in [1.29, 1.82) is 0 Å². The van der Waals surface area contributed by atoms with Crippen LogP contribution in [0.3, 0.4) is 0 Å². The molecule has 0 saturated carbocycles. The largest absolute Gasteiger partial charge is 0.481 e. The first kappa shape index (κ1) is 16.7. The summed E-state index contributed by atoms with van der Waals surface area (Å²) in [6, 6.07) is 0. The van der Waals surface area contributed by atoms with E-state index >= 15 is 0 Å². The maximum atomic E-state index is 10.2. The number of hydrogen-bond donors (Lipinski definition) is 1. The average molecular weight is 230 g/mol. The van der Waals surface area contributed by atoms with Crippen molar-refractivity contribution in [2.45, 2.75) is 40.0 Å². The fourth-order valence-electron chi connectivity index (χ4n) is 0.744. The van der Waals surface area contributed by atoms with E-state index in [4.69, 9.17) is 5.11 Å². The van der Waals surface area contributed by atoms with Gasteiger partial charge in [0.1, 0.15) is 0 Å². The minimum Gasteiger partial charge on any atom is -0.481 e. The third kappa shape index (κ3) is 13.3. The summed E-state index contributed by atoms with van der Waals surface area (Å²) in [6.45, 7) is 9.79. The minimum absolute atomic E-state index is 0.210. The summed E-state index contributed by atoms with van der Waals surface area (Å²) in [4.78, 5) is 11.3. The molecule has 0 aliphatic rings. The van der Waals surface area contributed by atoms with E-state index in [0.29, 0.717) is 5.75 Å². The van der Waals surface area contributed by atoms with Crippen molar-refractivity contribution < 1.29 is 9.90 Å². The van der Waals surface area contributed by atoms with Crippen molar-refractivity contribution in [1.82, 2.24) is 0 Å². The molecule has 15 heavy (non-hydrogen) atoms. The predicted octanol–water partition coefficient (Wildman–Crippen LogP) is 4.09. The maximum absolute atomic E-state index is 10.2. The Morgan fingerprint density at radius 1 is 1.47 bits per heavy atom. The van der Waals surface area contributed by atoms with Crippen LogP contribution in [0.1, 0.15) is 40.0 Å². The molecule has 0 radical (unpaired) electrons. The molecule has 0 rings (SSSR count). The van der Waals surface area contributed by atoms with Crippen molar-refractivity contribution in [3.8, 4) is 0 Å². The van der Waals surface area contributed by atoms with Crippen LogP contribution in [0, 0.1) is 0 Å². The predicted molar refractivity (Wildman–Crippen MR) is 69.2 cm³/mol. The molecular weight excluding hydrogens is 208 g/mol. The lowest BCUT2D eigenvalue weighted by Gasteiger charge is -1.99. The Morgan fingerprint density at radius 2 is 2.07 bits per heavy atom. The molecule has 0 fully saturated rings. The zero-order valence-corrected chi connectivity index (χ0v) is 10.8. The molecule has 0 unspecified atom stereocenters. The van der Waals surface area contributed by atoms with Gasteiger partial charge in [-0.1, -0.05) is 45.9 Å². The number of aliphatic carboxylic acids is 1. The summed E-state index contributed by atoms with van der Waals surface area (Å²) in [5.41, 5.74) is 0. The van der Waals surface area contributed by atoms with Gasteiger partial charge >= 0.3 is 5.97 Å². The molecule has 0 heterocycles. The van der Waals surface area contributed by atoms with Gasteiger partial charge in [0, 0.05) is 10.7 Å². The van der Waals surface area contributed by atoms with Gasteiger partial charge in [-0.2, -0.15) is 0 Å². The van der Waals surface area contributed by atoms with E-state index < -0.39 is 5.97 Å². The van der Waals surface area contributed by atoms with E-state index in [-0.39, 0.29) is 6.42 Å². The van der Waals surface area contributed by atoms with E-state index in [1.165, 1.54) is 0 Å². The number of unbranched alkanes of at least 4 members (excludes halogenated alkanes) is 1. The van der Waals surface area contributed by atoms with Crippen LogP contribution in [0.4, 0.5) is 0 Å². The molecule has 88 valence electrons. The molecule has 0 bridgehead atoms. The number of carbonyl (C=O) groups is 1. The van der Waals surface area contributed by atoms with Crippen molar-refractivity contribution in [3.05, 3.63) is 23.6 Å². The summed E-state index contributed by atoms with van der Waals surface area (Å²) < 4.78 is 0. The van der Waals surface area contributed by atoms with Crippen LogP contribution in [-0.2, 0) is 4.79 Å². The highest BCUT2D eigenvalue weighted by atomic mass is 32.2. The fourth-order valence-corrected chi connectivity index (χ4v) is 1.61. The molecule has 0 saturated heterocycles. The van der Waals surface area contributed by atoms with Crippen LogP contribution in [0.5, 0.6) is 0 Å². The Hall–Kier alpha value is -0.700. The Bertz CT molecular complexity index is 198. The van der Waals surface area contributed by atoms with Gasteiger partial charge in [0.25, 0.3) is 0 Å². The molecule has 0 aliphatic heterocycles. The third-order valence-corrected chi connectivity index (χ3v) is 2.49. The van der Waals surface area contributed by atoms with Crippen LogP contribution in [-0.4, -0.2) is 16.8 Å².